The summed E-state index contributed by atoms with van der Waals surface area (Å²) in [6.07, 6.45) is 1.41. The quantitative estimate of drug-likeness (QED) is 0.447. The number of nitro groups is 1. The van der Waals surface area contributed by atoms with Crippen molar-refractivity contribution < 1.29 is 14.5 Å². The molecule has 0 radical (unpaired) electrons. The van der Waals surface area contributed by atoms with Crippen LogP contribution in [0.5, 0.6) is 0 Å². The smallest absolute Gasteiger partial charge is 0.268 e. The molecule has 0 aromatic heterocycles. The molecule has 2 aromatic carbocycles. The Hall–Kier alpha value is -2.64. The number of nitro benzene ring substituents is 1. The Labute approximate surface area is 152 Å². The Morgan fingerprint density at radius 1 is 1.16 bits per heavy atom. The van der Waals surface area contributed by atoms with Gasteiger partial charge in [-0.05, 0) is 29.5 Å². The zero-order valence-electron chi connectivity index (χ0n) is 12.7. The third kappa shape index (κ3) is 3.72. The van der Waals surface area contributed by atoms with Crippen LogP contribution in [-0.2, 0) is 11.3 Å². The molecule has 1 aliphatic heterocycles. The number of non-ortho nitro benzene ring substituents is 1. The molecule has 1 saturated heterocycles. The van der Waals surface area contributed by atoms with E-state index in [-0.39, 0.29) is 27.4 Å². The summed E-state index contributed by atoms with van der Waals surface area (Å²) in [6.45, 7) is 0.172. The molecular formula is C17H11ClN2O4S. The molecule has 126 valence electrons. The highest BCUT2D eigenvalue weighted by Gasteiger charge is 2.35. The summed E-state index contributed by atoms with van der Waals surface area (Å²) in [5, 5.41) is 10.8. The predicted octanol–water partition coefficient (Wildman–Crippen LogP) is 4.48. The van der Waals surface area contributed by atoms with Crippen LogP contribution in [-0.4, -0.2) is 21.0 Å². The lowest BCUT2D eigenvalue weighted by Gasteiger charge is -2.12. The van der Waals surface area contributed by atoms with Crippen molar-refractivity contribution in [3.05, 3.63) is 79.7 Å². The van der Waals surface area contributed by atoms with Gasteiger partial charge in [-0.25, -0.2) is 0 Å². The number of carbonyl (C=O) groups excluding carboxylic acids is 2. The molecule has 0 aliphatic carbocycles. The minimum atomic E-state index is -0.547. The average molecular weight is 375 g/mol. The van der Waals surface area contributed by atoms with Crippen LogP contribution in [0.25, 0.3) is 6.08 Å². The topological polar surface area (TPSA) is 80.5 Å². The van der Waals surface area contributed by atoms with E-state index >= 15 is 0 Å². The lowest BCUT2D eigenvalue weighted by molar-refractivity contribution is -0.384. The van der Waals surface area contributed by atoms with E-state index in [0.29, 0.717) is 5.56 Å². The lowest BCUT2D eigenvalue weighted by atomic mass is 10.1. The Morgan fingerprint density at radius 2 is 1.88 bits per heavy atom. The van der Waals surface area contributed by atoms with Gasteiger partial charge in [0.05, 0.1) is 16.4 Å². The molecule has 2 aromatic rings. The summed E-state index contributed by atoms with van der Waals surface area (Å²) in [5.41, 5.74) is 1.01. The third-order valence-corrected chi connectivity index (χ3v) is 4.79. The second kappa shape index (κ2) is 7.08. The molecule has 25 heavy (non-hydrogen) atoms. The minimum Gasteiger partial charge on any atom is -0.268 e. The van der Waals surface area contributed by atoms with Crippen LogP contribution in [0.3, 0.4) is 0 Å². The zero-order chi connectivity index (χ0) is 18.0. The number of rotatable bonds is 4. The summed E-state index contributed by atoms with van der Waals surface area (Å²) in [5.74, 6) is -0.443. The van der Waals surface area contributed by atoms with Gasteiger partial charge in [0, 0.05) is 22.7 Å². The molecule has 1 heterocycles. The average Bonchev–Trinajstić information content (AvgIpc) is 2.85. The summed E-state index contributed by atoms with van der Waals surface area (Å²) in [7, 11) is 0. The van der Waals surface area contributed by atoms with E-state index in [1.54, 1.807) is 0 Å². The van der Waals surface area contributed by atoms with E-state index in [4.69, 9.17) is 11.6 Å². The Balaban J connectivity index is 1.88. The SMILES string of the molecule is O=C1S/C(=C\c2cc([N+](=O)[O-])ccc2Cl)C(=O)N1Cc1ccccc1. The molecule has 6 nitrogen and oxygen atoms in total. The van der Waals surface area contributed by atoms with E-state index in [1.807, 2.05) is 30.3 Å². The van der Waals surface area contributed by atoms with E-state index in [1.165, 1.54) is 24.3 Å². The van der Waals surface area contributed by atoms with E-state index in [2.05, 4.69) is 0 Å². The lowest BCUT2D eigenvalue weighted by Crippen LogP contribution is -2.27. The normalized spacial score (nSPS) is 15.9. The number of benzene rings is 2. The predicted molar refractivity (Wildman–Crippen MR) is 96.1 cm³/mol. The van der Waals surface area contributed by atoms with Crippen LogP contribution >= 0.6 is 23.4 Å². The molecular weight excluding hydrogens is 364 g/mol. The first-order chi connectivity index (χ1) is 12.0. The molecule has 0 atom stereocenters. The Morgan fingerprint density at radius 3 is 2.56 bits per heavy atom. The van der Waals surface area contributed by atoms with E-state index in [0.717, 1.165) is 22.2 Å². The number of nitrogens with zero attached hydrogens (tertiary/aromatic N) is 2. The fraction of sp³-hybridized carbons (Fsp3) is 0.0588. The van der Waals surface area contributed by atoms with Crippen molar-refractivity contribution in [3.8, 4) is 0 Å². The fourth-order valence-corrected chi connectivity index (χ4v) is 3.30. The van der Waals surface area contributed by atoms with Gasteiger partial charge in [0.15, 0.2) is 0 Å². The first-order valence-corrected chi connectivity index (χ1v) is 8.38. The van der Waals surface area contributed by atoms with Crippen molar-refractivity contribution in [2.45, 2.75) is 6.54 Å². The van der Waals surface area contributed by atoms with Gasteiger partial charge in [0.1, 0.15) is 0 Å². The van der Waals surface area contributed by atoms with Crippen LogP contribution < -0.4 is 0 Å². The second-order valence-electron chi connectivity index (χ2n) is 5.22. The third-order valence-electron chi connectivity index (χ3n) is 3.53. The highest BCUT2D eigenvalue weighted by molar-refractivity contribution is 8.18. The molecule has 0 unspecified atom stereocenters. The van der Waals surface area contributed by atoms with E-state index < -0.39 is 10.8 Å². The van der Waals surface area contributed by atoms with Crippen molar-refractivity contribution in [1.82, 2.24) is 4.90 Å². The number of amides is 2. The maximum atomic E-state index is 12.5. The van der Waals surface area contributed by atoms with E-state index in [9.17, 15) is 19.7 Å². The zero-order valence-corrected chi connectivity index (χ0v) is 14.3. The van der Waals surface area contributed by atoms with Gasteiger partial charge in [0.2, 0.25) is 0 Å². The van der Waals surface area contributed by atoms with Crippen LogP contribution in [0.15, 0.2) is 53.4 Å². The molecule has 0 spiro atoms. The molecule has 0 saturated carbocycles. The maximum Gasteiger partial charge on any atom is 0.293 e. The molecule has 1 fully saturated rings. The standard InChI is InChI=1S/C17H11ClN2O4S/c18-14-7-6-13(20(23)24)8-12(14)9-15-16(21)19(17(22)25-15)10-11-4-2-1-3-5-11/h1-9H,10H2/b15-9-. The second-order valence-corrected chi connectivity index (χ2v) is 6.62. The van der Waals surface area contributed by atoms with Gasteiger partial charge in [-0.15, -0.1) is 0 Å². The van der Waals surface area contributed by atoms with Crippen molar-refractivity contribution in [2.75, 3.05) is 0 Å². The number of thioether (sulfide) groups is 1. The highest BCUT2D eigenvalue weighted by atomic mass is 35.5. The first-order valence-electron chi connectivity index (χ1n) is 7.19. The fourth-order valence-electron chi connectivity index (χ4n) is 2.30. The molecule has 0 bridgehead atoms. The number of hydrogen-bond donors (Lipinski definition) is 0. The number of halogens is 1. The van der Waals surface area contributed by atoms with Crippen LogP contribution in [0.4, 0.5) is 10.5 Å². The number of hydrogen-bond acceptors (Lipinski definition) is 5. The monoisotopic (exact) mass is 374 g/mol. The van der Waals surface area contributed by atoms with Crippen LogP contribution in [0.1, 0.15) is 11.1 Å². The van der Waals surface area contributed by atoms with Crippen molar-refractivity contribution >= 4 is 46.3 Å². The highest BCUT2D eigenvalue weighted by Crippen LogP contribution is 2.35. The van der Waals surface area contributed by atoms with Crippen LogP contribution in [0.2, 0.25) is 5.02 Å². The van der Waals surface area contributed by atoms with Gasteiger partial charge in [-0.2, -0.15) is 0 Å². The Bertz CT molecular complexity index is 899. The summed E-state index contributed by atoms with van der Waals surface area (Å²) in [4.78, 5) is 36.3. The van der Waals surface area contributed by atoms with Gasteiger partial charge in [-0.1, -0.05) is 41.9 Å². The summed E-state index contributed by atoms with van der Waals surface area (Å²) in [6, 6.07) is 13.1. The van der Waals surface area contributed by atoms with Crippen molar-refractivity contribution in [2.24, 2.45) is 0 Å². The van der Waals surface area contributed by atoms with Gasteiger partial charge >= 0.3 is 0 Å². The van der Waals surface area contributed by atoms with Gasteiger partial charge in [-0.3, -0.25) is 24.6 Å². The minimum absolute atomic E-state index is 0.140. The Kier molecular flexibility index (Phi) is 4.87. The molecule has 0 N–H and O–H groups in total. The van der Waals surface area contributed by atoms with Crippen molar-refractivity contribution in [3.63, 3.8) is 0 Å². The first kappa shape index (κ1) is 17.2. The maximum absolute atomic E-state index is 12.5. The van der Waals surface area contributed by atoms with Gasteiger partial charge in [0.25, 0.3) is 16.8 Å². The number of imide groups is 1. The molecule has 3 rings (SSSR count). The largest absolute Gasteiger partial charge is 0.293 e. The molecule has 1 aliphatic rings. The van der Waals surface area contributed by atoms with Crippen LogP contribution in [0, 0.1) is 10.1 Å². The summed E-state index contributed by atoms with van der Waals surface area (Å²) < 4.78 is 0. The van der Waals surface area contributed by atoms with Crippen molar-refractivity contribution in [1.29, 1.82) is 0 Å². The molecule has 8 heteroatoms. The summed E-state index contributed by atoms with van der Waals surface area (Å²) >= 11 is 6.83. The molecule has 2 amide bonds. The van der Waals surface area contributed by atoms with Gasteiger partial charge < -0.3 is 0 Å². The number of carbonyl (C=O) groups is 2.